The zero-order chi connectivity index (χ0) is 14.5. The standard InChI is InChI=1S/C14H15ClN2O3/c1-10(4-6-12-3-2-8-20-12)16-11-5-7-13(15)14(9-11)17(18)19/h2-3,5,7-10,16H,4,6H2,1H3. The molecule has 6 heteroatoms. The van der Waals surface area contributed by atoms with E-state index in [4.69, 9.17) is 16.0 Å². The lowest BCUT2D eigenvalue weighted by Gasteiger charge is -2.14. The Hall–Kier alpha value is -2.01. The average Bonchev–Trinajstić information content (AvgIpc) is 2.91. The van der Waals surface area contributed by atoms with Gasteiger partial charge in [-0.05, 0) is 37.6 Å². The lowest BCUT2D eigenvalue weighted by molar-refractivity contribution is -0.384. The Morgan fingerprint density at radius 2 is 2.25 bits per heavy atom. The lowest BCUT2D eigenvalue weighted by Crippen LogP contribution is -2.15. The van der Waals surface area contributed by atoms with Gasteiger partial charge in [-0.15, -0.1) is 0 Å². The van der Waals surface area contributed by atoms with Gasteiger partial charge >= 0.3 is 0 Å². The van der Waals surface area contributed by atoms with Crippen LogP contribution in [0.25, 0.3) is 0 Å². The first-order valence-electron chi connectivity index (χ1n) is 6.29. The Labute approximate surface area is 121 Å². The average molecular weight is 295 g/mol. The highest BCUT2D eigenvalue weighted by Crippen LogP contribution is 2.27. The van der Waals surface area contributed by atoms with Crippen molar-refractivity contribution < 1.29 is 9.34 Å². The van der Waals surface area contributed by atoms with Crippen molar-refractivity contribution in [3.05, 3.63) is 57.5 Å². The third-order valence-electron chi connectivity index (χ3n) is 2.96. The van der Waals surface area contributed by atoms with Gasteiger partial charge in [-0.3, -0.25) is 10.1 Å². The van der Waals surface area contributed by atoms with Crippen LogP contribution >= 0.6 is 11.6 Å². The molecule has 1 aromatic carbocycles. The predicted octanol–water partition coefficient (Wildman–Crippen LogP) is 4.27. The molecule has 1 N–H and O–H groups in total. The van der Waals surface area contributed by atoms with E-state index in [9.17, 15) is 10.1 Å². The molecule has 0 spiro atoms. The number of furan rings is 1. The quantitative estimate of drug-likeness (QED) is 0.638. The van der Waals surface area contributed by atoms with Crippen LogP contribution in [0.15, 0.2) is 41.0 Å². The number of nitro groups is 1. The van der Waals surface area contributed by atoms with Gasteiger partial charge in [0.1, 0.15) is 10.8 Å². The Kier molecular flexibility index (Phi) is 4.63. The second-order valence-electron chi connectivity index (χ2n) is 4.59. The highest BCUT2D eigenvalue weighted by molar-refractivity contribution is 6.32. The Bertz CT molecular complexity index is 584. The topological polar surface area (TPSA) is 68.3 Å². The van der Waals surface area contributed by atoms with Crippen LogP contribution in [0.4, 0.5) is 11.4 Å². The number of benzene rings is 1. The minimum Gasteiger partial charge on any atom is -0.469 e. The first kappa shape index (κ1) is 14.4. The summed E-state index contributed by atoms with van der Waals surface area (Å²) in [6, 6.07) is 8.67. The summed E-state index contributed by atoms with van der Waals surface area (Å²) in [7, 11) is 0. The molecule has 1 heterocycles. The van der Waals surface area contributed by atoms with E-state index < -0.39 is 4.92 Å². The minimum absolute atomic E-state index is 0.0881. The molecule has 2 rings (SSSR count). The predicted molar refractivity (Wildman–Crippen MR) is 78.2 cm³/mol. The van der Waals surface area contributed by atoms with Crippen molar-refractivity contribution in [3.63, 3.8) is 0 Å². The highest BCUT2D eigenvalue weighted by atomic mass is 35.5. The van der Waals surface area contributed by atoms with E-state index >= 15 is 0 Å². The van der Waals surface area contributed by atoms with Crippen molar-refractivity contribution in [2.45, 2.75) is 25.8 Å². The van der Waals surface area contributed by atoms with Gasteiger partial charge in [-0.2, -0.15) is 0 Å². The van der Waals surface area contributed by atoms with Gasteiger partial charge in [0.15, 0.2) is 0 Å². The summed E-state index contributed by atoms with van der Waals surface area (Å²) in [5.41, 5.74) is 0.600. The van der Waals surface area contributed by atoms with E-state index in [1.54, 1.807) is 12.3 Å². The molecule has 2 aromatic rings. The zero-order valence-corrected chi connectivity index (χ0v) is 11.8. The largest absolute Gasteiger partial charge is 0.469 e. The number of nitrogens with zero attached hydrogens (tertiary/aromatic N) is 1. The van der Waals surface area contributed by atoms with Crippen LogP contribution in [-0.4, -0.2) is 11.0 Å². The molecule has 20 heavy (non-hydrogen) atoms. The number of nitro benzene ring substituents is 1. The van der Waals surface area contributed by atoms with Gasteiger partial charge in [0.05, 0.1) is 11.2 Å². The van der Waals surface area contributed by atoms with Crippen molar-refractivity contribution in [3.8, 4) is 0 Å². The molecule has 0 aliphatic carbocycles. The third-order valence-corrected chi connectivity index (χ3v) is 3.28. The molecule has 0 aliphatic heterocycles. The second-order valence-corrected chi connectivity index (χ2v) is 4.99. The minimum atomic E-state index is -0.485. The van der Waals surface area contributed by atoms with Crippen molar-refractivity contribution in [1.82, 2.24) is 0 Å². The number of rotatable bonds is 6. The van der Waals surface area contributed by atoms with Gasteiger partial charge in [0.2, 0.25) is 0 Å². The van der Waals surface area contributed by atoms with Crippen LogP contribution in [0.3, 0.4) is 0 Å². The van der Waals surface area contributed by atoms with Crippen LogP contribution in [0, 0.1) is 10.1 Å². The van der Waals surface area contributed by atoms with E-state index in [2.05, 4.69) is 5.32 Å². The number of hydrogen-bond acceptors (Lipinski definition) is 4. The fourth-order valence-electron chi connectivity index (χ4n) is 1.91. The molecular formula is C14H15ClN2O3. The summed E-state index contributed by atoms with van der Waals surface area (Å²) in [4.78, 5) is 10.3. The number of anilines is 1. The maximum absolute atomic E-state index is 10.8. The molecular weight excluding hydrogens is 280 g/mol. The first-order chi connectivity index (χ1) is 9.56. The van der Waals surface area contributed by atoms with Crippen molar-refractivity contribution >= 4 is 23.0 Å². The smallest absolute Gasteiger partial charge is 0.289 e. The van der Waals surface area contributed by atoms with Crippen molar-refractivity contribution in [2.75, 3.05) is 5.32 Å². The maximum atomic E-state index is 10.8. The number of nitrogens with one attached hydrogen (secondary N) is 1. The maximum Gasteiger partial charge on any atom is 0.289 e. The van der Waals surface area contributed by atoms with Gasteiger partial charge < -0.3 is 9.73 Å². The number of halogens is 1. The van der Waals surface area contributed by atoms with Gasteiger partial charge in [-0.1, -0.05) is 11.6 Å². The third kappa shape index (κ3) is 3.74. The molecule has 1 atom stereocenters. The van der Waals surface area contributed by atoms with Gasteiger partial charge in [0, 0.05) is 24.2 Å². The molecule has 0 radical (unpaired) electrons. The Balaban J connectivity index is 1.95. The summed E-state index contributed by atoms with van der Waals surface area (Å²) in [5, 5.41) is 14.2. The van der Waals surface area contributed by atoms with Crippen LogP contribution in [-0.2, 0) is 6.42 Å². The molecule has 0 aliphatic rings. The van der Waals surface area contributed by atoms with Gasteiger partial charge in [-0.25, -0.2) is 0 Å². The summed E-state index contributed by atoms with van der Waals surface area (Å²) < 4.78 is 5.27. The normalized spacial score (nSPS) is 12.1. The van der Waals surface area contributed by atoms with Crippen molar-refractivity contribution in [2.24, 2.45) is 0 Å². The van der Waals surface area contributed by atoms with Gasteiger partial charge in [0.25, 0.3) is 5.69 Å². The molecule has 1 unspecified atom stereocenters. The summed E-state index contributed by atoms with van der Waals surface area (Å²) in [6.45, 7) is 2.02. The summed E-state index contributed by atoms with van der Waals surface area (Å²) in [6.07, 6.45) is 3.33. The highest BCUT2D eigenvalue weighted by Gasteiger charge is 2.13. The van der Waals surface area contributed by atoms with Crippen LogP contribution in [0.5, 0.6) is 0 Å². The molecule has 0 saturated heterocycles. The van der Waals surface area contributed by atoms with E-state index in [-0.39, 0.29) is 16.8 Å². The lowest BCUT2D eigenvalue weighted by atomic mass is 10.1. The summed E-state index contributed by atoms with van der Waals surface area (Å²) in [5.74, 6) is 0.931. The fourth-order valence-corrected chi connectivity index (χ4v) is 2.10. The molecule has 0 bridgehead atoms. The Morgan fingerprint density at radius 3 is 2.90 bits per heavy atom. The van der Waals surface area contributed by atoms with Crippen LogP contribution in [0.1, 0.15) is 19.1 Å². The molecule has 1 aromatic heterocycles. The SMILES string of the molecule is CC(CCc1ccco1)Nc1ccc(Cl)c([N+](=O)[O-])c1. The second kappa shape index (κ2) is 6.43. The zero-order valence-electron chi connectivity index (χ0n) is 11.0. The van der Waals surface area contributed by atoms with E-state index in [1.165, 1.54) is 12.1 Å². The fraction of sp³-hybridized carbons (Fsp3) is 0.286. The Morgan fingerprint density at radius 1 is 1.45 bits per heavy atom. The molecule has 0 amide bonds. The van der Waals surface area contributed by atoms with E-state index in [0.29, 0.717) is 5.69 Å². The van der Waals surface area contributed by atoms with Crippen molar-refractivity contribution in [1.29, 1.82) is 0 Å². The number of aryl methyl sites for hydroxylation is 1. The molecule has 5 nitrogen and oxygen atoms in total. The van der Waals surface area contributed by atoms with Crippen LogP contribution in [0.2, 0.25) is 5.02 Å². The number of hydrogen-bond donors (Lipinski definition) is 1. The molecule has 106 valence electrons. The molecule has 0 fully saturated rings. The van der Waals surface area contributed by atoms with E-state index in [1.807, 2.05) is 19.1 Å². The first-order valence-corrected chi connectivity index (χ1v) is 6.67. The summed E-state index contributed by atoms with van der Waals surface area (Å²) >= 11 is 5.77. The molecule has 0 saturated carbocycles. The van der Waals surface area contributed by atoms with Crippen LogP contribution < -0.4 is 5.32 Å². The monoisotopic (exact) mass is 294 g/mol. The van der Waals surface area contributed by atoms with E-state index in [0.717, 1.165) is 18.6 Å².